The van der Waals surface area contributed by atoms with Gasteiger partial charge in [0.25, 0.3) is 0 Å². The number of aliphatic hydroxyl groups excluding tert-OH is 2. The number of benzene rings is 3. The second-order valence-corrected chi connectivity index (χ2v) is 7.61. The van der Waals surface area contributed by atoms with Gasteiger partial charge in [0.1, 0.15) is 18.5 Å². The van der Waals surface area contributed by atoms with E-state index in [0.29, 0.717) is 0 Å². The Morgan fingerprint density at radius 2 is 1.61 bits per heavy atom. The molecule has 31 heavy (non-hydrogen) atoms. The van der Waals surface area contributed by atoms with Gasteiger partial charge in [0.2, 0.25) is 0 Å². The first kappa shape index (κ1) is 21.0. The number of carbonyl (C=O) groups excluding carboxylic acids is 1. The highest BCUT2D eigenvalue weighted by Gasteiger charge is 2.29. The molecule has 1 amide bonds. The van der Waals surface area contributed by atoms with Crippen molar-refractivity contribution >= 4 is 6.09 Å². The van der Waals surface area contributed by atoms with Crippen molar-refractivity contribution in [2.24, 2.45) is 0 Å². The zero-order chi connectivity index (χ0) is 21.8. The Morgan fingerprint density at radius 1 is 0.968 bits per heavy atom. The lowest BCUT2D eigenvalue weighted by Crippen LogP contribution is -2.30. The number of aliphatic hydroxyl groups is 2. The fourth-order valence-electron chi connectivity index (χ4n) is 4.04. The summed E-state index contributed by atoms with van der Waals surface area (Å²) in [5.74, 6) is -0.515. The lowest BCUT2D eigenvalue weighted by molar-refractivity contribution is 0.0135. The Labute approximate surface area is 180 Å². The highest BCUT2D eigenvalue weighted by atomic mass is 19.1. The Kier molecular flexibility index (Phi) is 6.30. The first-order valence-electron chi connectivity index (χ1n) is 10.2. The number of nitrogens with one attached hydrogen (secondary N) is 1. The molecule has 0 radical (unpaired) electrons. The highest BCUT2D eigenvalue weighted by molar-refractivity contribution is 5.79. The van der Waals surface area contributed by atoms with Crippen LogP contribution in [0.15, 0.2) is 72.8 Å². The molecule has 6 heteroatoms. The molecule has 0 fully saturated rings. The summed E-state index contributed by atoms with van der Waals surface area (Å²) in [6.45, 7) is 0.318. The molecule has 0 aliphatic heterocycles. The molecule has 0 heterocycles. The quantitative estimate of drug-likeness (QED) is 0.536. The molecule has 3 aromatic rings. The summed E-state index contributed by atoms with van der Waals surface area (Å²) in [5.41, 5.74) is 4.85. The van der Waals surface area contributed by atoms with Crippen LogP contribution in [-0.4, -0.2) is 35.6 Å². The zero-order valence-corrected chi connectivity index (χ0v) is 16.9. The number of halogens is 1. The van der Waals surface area contributed by atoms with Crippen molar-refractivity contribution in [2.75, 3.05) is 13.2 Å². The van der Waals surface area contributed by atoms with Gasteiger partial charge in [0.05, 0.1) is 6.10 Å². The van der Waals surface area contributed by atoms with E-state index < -0.39 is 24.1 Å². The zero-order valence-electron chi connectivity index (χ0n) is 16.9. The van der Waals surface area contributed by atoms with Gasteiger partial charge in [-0.3, -0.25) is 0 Å². The Morgan fingerprint density at radius 3 is 2.26 bits per heavy atom. The van der Waals surface area contributed by atoms with Gasteiger partial charge in [-0.05, 0) is 46.4 Å². The number of amides is 1. The van der Waals surface area contributed by atoms with E-state index in [4.69, 9.17) is 4.74 Å². The van der Waals surface area contributed by atoms with Crippen molar-refractivity contribution in [1.82, 2.24) is 5.32 Å². The van der Waals surface area contributed by atoms with Gasteiger partial charge in [0, 0.05) is 12.5 Å². The molecular weight excluding hydrogens is 397 g/mol. The number of alkyl carbamates (subject to hydrolysis) is 1. The van der Waals surface area contributed by atoms with Crippen LogP contribution >= 0.6 is 0 Å². The molecule has 2 atom stereocenters. The molecule has 2 unspecified atom stereocenters. The fraction of sp³-hybridized carbons (Fsp3) is 0.240. The van der Waals surface area contributed by atoms with E-state index >= 15 is 0 Å². The average Bonchev–Trinajstić information content (AvgIpc) is 3.11. The van der Waals surface area contributed by atoms with Crippen LogP contribution in [0.1, 0.15) is 35.1 Å². The summed E-state index contributed by atoms with van der Waals surface area (Å²) < 4.78 is 18.7. The van der Waals surface area contributed by atoms with E-state index in [2.05, 4.69) is 17.4 Å². The molecule has 3 aromatic carbocycles. The van der Waals surface area contributed by atoms with Crippen molar-refractivity contribution in [3.63, 3.8) is 0 Å². The van der Waals surface area contributed by atoms with E-state index in [1.54, 1.807) is 0 Å². The van der Waals surface area contributed by atoms with Crippen LogP contribution in [0.3, 0.4) is 0 Å². The predicted octanol–water partition coefficient (Wildman–Crippen LogP) is 4.15. The molecule has 0 saturated heterocycles. The molecular formula is C25H24FNO4. The van der Waals surface area contributed by atoms with Crippen LogP contribution in [0.4, 0.5) is 9.18 Å². The second-order valence-electron chi connectivity index (χ2n) is 7.61. The Balaban J connectivity index is 1.28. The predicted molar refractivity (Wildman–Crippen MR) is 115 cm³/mol. The summed E-state index contributed by atoms with van der Waals surface area (Å²) in [6.07, 6.45) is -2.87. The smallest absolute Gasteiger partial charge is 0.407 e. The second kappa shape index (κ2) is 9.29. The third-order valence-electron chi connectivity index (χ3n) is 5.61. The van der Waals surface area contributed by atoms with E-state index in [1.165, 1.54) is 24.3 Å². The van der Waals surface area contributed by atoms with E-state index in [-0.39, 0.29) is 31.1 Å². The van der Waals surface area contributed by atoms with E-state index in [0.717, 1.165) is 22.3 Å². The average molecular weight is 421 g/mol. The molecule has 0 saturated carbocycles. The molecule has 0 bridgehead atoms. The third-order valence-corrected chi connectivity index (χ3v) is 5.61. The van der Waals surface area contributed by atoms with Gasteiger partial charge in [-0.25, -0.2) is 9.18 Å². The largest absolute Gasteiger partial charge is 0.449 e. The molecule has 0 aromatic heterocycles. The molecule has 3 N–H and O–H groups in total. The topological polar surface area (TPSA) is 78.8 Å². The number of fused-ring (bicyclic) bond motifs is 3. The maximum absolute atomic E-state index is 13.3. The van der Waals surface area contributed by atoms with Crippen LogP contribution < -0.4 is 5.32 Å². The molecule has 1 aliphatic rings. The molecule has 5 nitrogen and oxygen atoms in total. The SMILES string of the molecule is O=C(NCCC(O)C(O)c1cccc(F)c1)OCC1c2ccccc2-c2ccccc21. The van der Waals surface area contributed by atoms with Gasteiger partial charge < -0.3 is 20.3 Å². The van der Waals surface area contributed by atoms with Crippen LogP contribution in [0.5, 0.6) is 0 Å². The third kappa shape index (κ3) is 4.60. The maximum atomic E-state index is 13.3. The summed E-state index contributed by atoms with van der Waals surface area (Å²) in [6, 6.07) is 21.6. The van der Waals surface area contributed by atoms with Gasteiger partial charge in [-0.15, -0.1) is 0 Å². The standard InChI is InChI=1S/C25H24FNO4/c26-17-7-5-6-16(14-17)24(29)23(28)12-13-27-25(30)31-15-22-20-10-3-1-8-18(20)19-9-2-4-11-21(19)22/h1-11,14,22-24,28-29H,12-13,15H2,(H,27,30). The Bertz CT molecular complexity index is 1030. The highest BCUT2D eigenvalue weighted by Crippen LogP contribution is 2.44. The number of hydrogen-bond acceptors (Lipinski definition) is 4. The molecule has 0 spiro atoms. The summed E-state index contributed by atoms with van der Waals surface area (Å²) >= 11 is 0. The van der Waals surface area contributed by atoms with Crippen LogP contribution in [0.2, 0.25) is 0 Å². The monoisotopic (exact) mass is 421 g/mol. The van der Waals surface area contributed by atoms with Gasteiger partial charge in [0.15, 0.2) is 0 Å². The minimum absolute atomic E-state index is 0.0291. The van der Waals surface area contributed by atoms with E-state index in [9.17, 15) is 19.4 Å². The maximum Gasteiger partial charge on any atom is 0.407 e. The number of ether oxygens (including phenoxy) is 1. The van der Waals surface area contributed by atoms with Crippen molar-refractivity contribution in [1.29, 1.82) is 0 Å². The summed E-state index contributed by atoms with van der Waals surface area (Å²) in [4.78, 5) is 12.2. The van der Waals surface area contributed by atoms with E-state index in [1.807, 2.05) is 36.4 Å². The van der Waals surface area contributed by atoms with Crippen LogP contribution in [-0.2, 0) is 4.74 Å². The number of rotatable bonds is 7. The molecule has 160 valence electrons. The molecule has 4 rings (SSSR count). The first-order chi connectivity index (χ1) is 15.0. The normalized spacial score (nSPS) is 14.4. The van der Waals surface area contributed by atoms with Crippen LogP contribution in [0, 0.1) is 5.82 Å². The number of carbonyl (C=O) groups is 1. The summed E-state index contributed by atoms with van der Waals surface area (Å²) in [5, 5.41) is 22.9. The van der Waals surface area contributed by atoms with Gasteiger partial charge in [-0.2, -0.15) is 0 Å². The van der Waals surface area contributed by atoms with Crippen molar-refractivity contribution in [3.8, 4) is 11.1 Å². The van der Waals surface area contributed by atoms with Gasteiger partial charge >= 0.3 is 6.09 Å². The lowest BCUT2D eigenvalue weighted by atomic mass is 9.98. The first-order valence-corrected chi connectivity index (χ1v) is 10.2. The van der Waals surface area contributed by atoms with Gasteiger partial charge in [-0.1, -0.05) is 60.7 Å². The van der Waals surface area contributed by atoms with Crippen molar-refractivity contribution in [2.45, 2.75) is 24.5 Å². The Hall–Kier alpha value is -3.22. The molecule has 1 aliphatic carbocycles. The minimum atomic E-state index is -1.24. The van der Waals surface area contributed by atoms with Crippen LogP contribution in [0.25, 0.3) is 11.1 Å². The van der Waals surface area contributed by atoms with Crippen molar-refractivity contribution in [3.05, 3.63) is 95.3 Å². The minimum Gasteiger partial charge on any atom is -0.449 e. The summed E-state index contributed by atoms with van der Waals surface area (Å²) in [7, 11) is 0. The fourth-order valence-corrected chi connectivity index (χ4v) is 4.04. The van der Waals surface area contributed by atoms with Crippen molar-refractivity contribution < 1.29 is 24.1 Å². The lowest BCUT2D eigenvalue weighted by Gasteiger charge is -2.19. The number of hydrogen-bond donors (Lipinski definition) is 3.